The minimum atomic E-state index is -1.45. The van der Waals surface area contributed by atoms with E-state index in [1.54, 1.807) is 0 Å². The van der Waals surface area contributed by atoms with Crippen LogP contribution in [0.25, 0.3) is 16.6 Å². The molecular weight excluding hydrogens is 453 g/mol. The Hall–Kier alpha value is -5.07. The number of hydrogen-bond acceptors (Lipinski definition) is 7. The lowest BCUT2D eigenvalue weighted by molar-refractivity contribution is -0.384. The molecule has 0 spiro atoms. The molecule has 13 heteroatoms. The van der Waals surface area contributed by atoms with Gasteiger partial charge < -0.3 is 14.8 Å². The summed E-state index contributed by atoms with van der Waals surface area (Å²) in [6, 6.07) is 9.06. The fourth-order valence-electron chi connectivity index (χ4n) is 3.16. The lowest BCUT2D eigenvalue weighted by Crippen LogP contribution is -2.17. The number of imidazole rings is 1. The number of aromatic carboxylic acids is 1. The van der Waals surface area contributed by atoms with Crippen molar-refractivity contribution in [2.45, 2.75) is 6.61 Å². The van der Waals surface area contributed by atoms with Gasteiger partial charge in [-0.15, -0.1) is 0 Å². The first-order valence-electron chi connectivity index (χ1n) is 9.53. The number of pyridine rings is 1. The van der Waals surface area contributed by atoms with E-state index in [9.17, 15) is 28.9 Å². The molecule has 0 saturated carbocycles. The van der Waals surface area contributed by atoms with Crippen LogP contribution in [0, 0.1) is 15.9 Å². The third-order valence-electron chi connectivity index (χ3n) is 4.74. The van der Waals surface area contributed by atoms with Gasteiger partial charge in [-0.2, -0.15) is 0 Å². The Bertz CT molecular complexity index is 1510. The van der Waals surface area contributed by atoms with Crippen LogP contribution >= 0.6 is 0 Å². The van der Waals surface area contributed by atoms with Gasteiger partial charge in [0, 0.05) is 17.6 Å². The van der Waals surface area contributed by atoms with Crippen molar-refractivity contribution in [2.24, 2.45) is 0 Å². The molecule has 3 N–H and O–H groups in total. The predicted octanol–water partition coefficient (Wildman–Crippen LogP) is 3.21. The Balaban J connectivity index is 1.59. The van der Waals surface area contributed by atoms with Gasteiger partial charge in [-0.3, -0.25) is 24.8 Å². The van der Waals surface area contributed by atoms with Crippen LogP contribution in [0.1, 0.15) is 16.1 Å². The zero-order chi connectivity index (χ0) is 24.4. The number of aromatic nitrogens is 3. The van der Waals surface area contributed by atoms with E-state index in [1.807, 2.05) is 0 Å². The number of ether oxygens (including phenoxy) is 1. The average molecular weight is 467 g/mol. The van der Waals surface area contributed by atoms with Crippen molar-refractivity contribution in [2.75, 3.05) is 5.32 Å². The van der Waals surface area contributed by atoms with Gasteiger partial charge in [-0.05, 0) is 24.3 Å². The number of carboxylic acids is 1. The lowest BCUT2D eigenvalue weighted by atomic mass is 10.1. The molecule has 0 aliphatic rings. The van der Waals surface area contributed by atoms with Gasteiger partial charge in [0.25, 0.3) is 11.2 Å². The maximum absolute atomic E-state index is 13.6. The number of carbonyl (C=O) groups excluding carboxylic acids is 1. The van der Waals surface area contributed by atoms with Crippen LogP contribution in [0.2, 0.25) is 0 Å². The molecule has 0 atom stereocenters. The predicted molar refractivity (Wildman–Crippen MR) is 116 cm³/mol. The molecule has 0 unspecified atom stereocenters. The molecule has 34 heavy (non-hydrogen) atoms. The van der Waals surface area contributed by atoms with Crippen molar-refractivity contribution < 1.29 is 28.7 Å². The first-order valence-corrected chi connectivity index (χ1v) is 9.53. The highest BCUT2D eigenvalue weighted by molar-refractivity contribution is 5.94. The number of carbonyl (C=O) groups is 2. The van der Waals surface area contributed by atoms with Crippen LogP contribution in [-0.2, 0) is 11.3 Å². The van der Waals surface area contributed by atoms with E-state index in [1.165, 1.54) is 47.4 Å². The summed E-state index contributed by atoms with van der Waals surface area (Å²) in [5.41, 5.74) is -1.51. The summed E-state index contributed by atoms with van der Waals surface area (Å²) in [5, 5.41) is 23.2. The number of hydrogen-bond donors (Lipinski definition) is 3. The molecule has 4 aromatic rings. The van der Waals surface area contributed by atoms with Crippen molar-refractivity contribution in [3.05, 3.63) is 92.5 Å². The van der Waals surface area contributed by atoms with Crippen LogP contribution < -0.4 is 10.9 Å². The number of aromatic amines is 1. The van der Waals surface area contributed by atoms with E-state index in [4.69, 9.17) is 9.84 Å². The second-order valence-corrected chi connectivity index (χ2v) is 6.96. The smallest absolute Gasteiger partial charge is 0.412 e. The highest BCUT2D eigenvalue weighted by Crippen LogP contribution is 2.28. The quantitative estimate of drug-likeness (QED) is 0.287. The highest BCUT2D eigenvalue weighted by atomic mass is 19.1. The Morgan fingerprint density at radius 3 is 2.74 bits per heavy atom. The zero-order valence-corrected chi connectivity index (χ0v) is 17.0. The summed E-state index contributed by atoms with van der Waals surface area (Å²) >= 11 is 0. The number of benzene rings is 2. The summed E-state index contributed by atoms with van der Waals surface area (Å²) in [6.07, 6.45) is 1.68. The van der Waals surface area contributed by atoms with E-state index >= 15 is 0 Å². The minimum Gasteiger partial charge on any atom is -0.477 e. The number of rotatable bonds is 6. The number of nitrogens with one attached hydrogen (secondary N) is 2. The van der Waals surface area contributed by atoms with Crippen molar-refractivity contribution in [1.82, 2.24) is 14.5 Å². The van der Waals surface area contributed by atoms with Crippen molar-refractivity contribution >= 4 is 34.3 Å². The largest absolute Gasteiger partial charge is 0.477 e. The van der Waals surface area contributed by atoms with E-state index in [2.05, 4.69) is 15.3 Å². The van der Waals surface area contributed by atoms with Crippen LogP contribution in [0.3, 0.4) is 0 Å². The fourth-order valence-corrected chi connectivity index (χ4v) is 3.16. The van der Waals surface area contributed by atoms with Crippen LogP contribution in [0.5, 0.6) is 0 Å². The fraction of sp³-hybridized carbons (Fsp3) is 0.0476. The number of nitro benzene ring substituents is 1. The molecule has 4 rings (SSSR count). The Morgan fingerprint density at radius 1 is 1.26 bits per heavy atom. The molecule has 0 bridgehead atoms. The maximum atomic E-state index is 13.6. The molecule has 12 nitrogen and oxygen atoms in total. The molecule has 2 aromatic heterocycles. The zero-order valence-electron chi connectivity index (χ0n) is 17.0. The van der Waals surface area contributed by atoms with Gasteiger partial charge in [0.1, 0.15) is 23.7 Å². The second-order valence-electron chi connectivity index (χ2n) is 6.96. The first kappa shape index (κ1) is 22.1. The molecule has 2 heterocycles. The summed E-state index contributed by atoms with van der Waals surface area (Å²) in [4.78, 5) is 52.3. The topological polar surface area (TPSA) is 169 Å². The number of amides is 1. The Kier molecular flexibility index (Phi) is 5.74. The molecular formula is C21H14FN5O7. The molecule has 0 aliphatic carbocycles. The Labute approximate surface area is 188 Å². The minimum absolute atomic E-state index is 0.0374. The molecule has 172 valence electrons. The number of para-hydroxylation sites is 1. The number of nitro groups is 1. The maximum Gasteiger partial charge on any atom is 0.412 e. The van der Waals surface area contributed by atoms with E-state index < -0.39 is 33.9 Å². The normalized spacial score (nSPS) is 10.7. The van der Waals surface area contributed by atoms with E-state index in [0.717, 1.165) is 12.1 Å². The summed E-state index contributed by atoms with van der Waals surface area (Å²) in [7, 11) is 0. The molecule has 0 saturated heterocycles. The van der Waals surface area contributed by atoms with Gasteiger partial charge >= 0.3 is 12.1 Å². The van der Waals surface area contributed by atoms with Crippen LogP contribution in [0.4, 0.5) is 20.6 Å². The third-order valence-corrected chi connectivity index (χ3v) is 4.74. The number of H-pyrrole nitrogens is 1. The van der Waals surface area contributed by atoms with Gasteiger partial charge in [0.05, 0.1) is 28.1 Å². The molecule has 0 radical (unpaired) electrons. The molecule has 1 amide bonds. The number of carboxylic acid groups (broad SMARTS) is 1. The van der Waals surface area contributed by atoms with Gasteiger partial charge in [0.2, 0.25) is 0 Å². The third kappa shape index (κ3) is 4.43. The standard InChI is InChI=1S/C21H14FN5O7/c22-14-3-1-2-4-15(14)25-21(31)34-9-12-8-26(10-23-12)17-6-11-5-13(20(29)30)19(28)24-16(11)7-18(17)27(32)33/h1-8,10H,9H2,(H,24,28)(H,25,31)(H,29,30). The van der Waals surface area contributed by atoms with E-state index in [-0.39, 0.29) is 40.3 Å². The summed E-state index contributed by atoms with van der Waals surface area (Å²) in [6.45, 7) is -0.314. The number of nitrogens with zero attached hydrogens (tertiary/aromatic N) is 3. The van der Waals surface area contributed by atoms with Gasteiger partial charge in [-0.25, -0.2) is 19.0 Å². The van der Waals surface area contributed by atoms with Crippen molar-refractivity contribution in [3.8, 4) is 5.69 Å². The monoisotopic (exact) mass is 467 g/mol. The van der Waals surface area contributed by atoms with Gasteiger partial charge in [0.15, 0.2) is 0 Å². The number of fused-ring (bicyclic) bond motifs is 1. The second kappa shape index (κ2) is 8.82. The molecule has 0 aliphatic heterocycles. The number of anilines is 1. The average Bonchev–Trinajstić information content (AvgIpc) is 3.26. The number of halogens is 1. The van der Waals surface area contributed by atoms with Crippen LogP contribution in [0.15, 0.2) is 59.8 Å². The van der Waals surface area contributed by atoms with Gasteiger partial charge in [-0.1, -0.05) is 12.1 Å². The van der Waals surface area contributed by atoms with E-state index in [0.29, 0.717) is 0 Å². The van der Waals surface area contributed by atoms with Crippen molar-refractivity contribution in [1.29, 1.82) is 0 Å². The summed E-state index contributed by atoms with van der Waals surface area (Å²) < 4.78 is 19.9. The summed E-state index contributed by atoms with van der Waals surface area (Å²) in [5.74, 6) is -2.08. The molecule has 0 fully saturated rings. The Morgan fingerprint density at radius 2 is 2.03 bits per heavy atom. The first-order chi connectivity index (χ1) is 16.2. The highest BCUT2D eigenvalue weighted by Gasteiger charge is 2.20. The van der Waals surface area contributed by atoms with Crippen LogP contribution in [-0.4, -0.2) is 36.6 Å². The molecule has 2 aromatic carbocycles. The SMILES string of the molecule is O=C(Nc1ccccc1F)OCc1cn(-c2cc3cc(C(=O)O)c(=O)[nH]c3cc2[N+](=O)[O-])cn1. The lowest BCUT2D eigenvalue weighted by Gasteiger charge is -2.07. The van der Waals surface area contributed by atoms with Crippen molar-refractivity contribution in [3.63, 3.8) is 0 Å².